The third-order valence-electron chi connectivity index (χ3n) is 4.77. The minimum absolute atomic E-state index is 0.139. The number of rotatable bonds is 4. The van der Waals surface area contributed by atoms with E-state index in [1.54, 1.807) is 4.90 Å². The number of likely N-dealkylation sites (N-methyl/N-ethyl adjacent to an activating group) is 1. The van der Waals surface area contributed by atoms with Crippen LogP contribution in [0.4, 0.5) is 10.1 Å². The fraction of sp³-hybridized carbons (Fsp3) is 0.333. The van der Waals surface area contributed by atoms with Gasteiger partial charge < -0.3 is 19.9 Å². The molecule has 0 spiro atoms. The maximum atomic E-state index is 13.0. The summed E-state index contributed by atoms with van der Waals surface area (Å²) in [7, 11) is 2.94. The van der Waals surface area contributed by atoms with Crippen molar-refractivity contribution in [2.45, 2.75) is 18.9 Å². The van der Waals surface area contributed by atoms with Crippen molar-refractivity contribution < 1.29 is 23.5 Å². The fourth-order valence-electron chi connectivity index (χ4n) is 3.10. The van der Waals surface area contributed by atoms with Gasteiger partial charge in [-0.2, -0.15) is 0 Å². The molecule has 10 heteroatoms. The van der Waals surface area contributed by atoms with Gasteiger partial charge in [0.25, 0.3) is 5.91 Å². The van der Waals surface area contributed by atoms with Crippen LogP contribution in [0.1, 0.15) is 23.2 Å². The number of nitrogens with one attached hydrogen (secondary N) is 1. The maximum absolute atomic E-state index is 13.0. The molecule has 0 atom stereocenters. The Morgan fingerprint density at radius 1 is 1.19 bits per heavy atom. The van der Waals surface area contributed by atoms with Crippen LogP contribution in [0, 0.1) is 5.82 Å². The van der Waals surface area contributed by atoms with Gasteiger partial charge in [-0.05, 0) is 24.3 Å². The van der Waals surface area contributed by atoms with E-state index in [9.17, 15) is 18.8 Å². The van der Waals surface area contributed by atoms with Crippen molar-refractivity contribution in [1.82, 2.24) is 14.8 Å². The van der Waals surface area contributed by atoms with Gasteiger partial charge in [0.1, 0.15) is 11.9 Å². The second kappa shape index (κ2) is 9.74. The van der Waals surface area contributed by atoms with E-state index in [4.69, 9.17) is 16.3 Å². The average molecular weight is 449 g/mol. The summed E-state index contributed by atoms with van der Waals surface area (Å²) in [5.41, 5.74) is 0.532. The molecule has 3 amide bonds. The quantitative estimate of drug-likeness (QED) is 0.726. The highest BCUT2D eigenvalue weighted by Gasteiger charge is 2.26. The zero-order valence-corrected chi connectivity index (χ0v) is 17.9. The highest BCUT2D eigenvalue weighted by molar-refractivity contribution is 6.39. The molecule has 2 heterocycles. The minimum Gasteiger partial charge on any atom is -0.474 e. The number of benzene rings is 1. The van der Waals surface area contributed by atoms with Gasteiger partial charge in [0.15, 0.2) is 0 Å². The summed E-state index contributed by atoms with van der Waals surface area (Å²) in [5.74, 6) is -1.89. The maximum Gasteiger partial charge on any atom is 0.313 e. The van der Waals surface area contributed by atoms with E-state index in [0.717, 1.165) is 11.1 Å². The summed E-state index contributed by atoms with van der Waals surface area (Å²) in [6, 6.07) is 7.22. The van der Waals surface area contributed by atoms with E-state index in [1.807, 2.05) is 0 Å². The molecule has 0 saturated carbocycles. The molecule has 1 aromatic heterocycles. The molecule has 31 heavy (non-hydrogen) atoms. The molecule has 0 aliphatic carbocycles. The predicted molar refractivity (Wildman–Crippen MR) is 113 cm³/mol. The van der Waals surface area contributed by atoms with Crippen LogP contribution in [0.2, 0.25) is 5.02 Å². The first-order chi connectivity index (χ1) is 14.7. The topological polar surface area (TPSA) is 91.8 Å². The Balaban J connectivity index is 1.61. The fourth-order valence-corrected chi connectivity index (χ4v) is 3.30. The molecule has 1 aliphatic heterocycles. The van der Waals surface area contributed by atoms with Gasteiger partial charge in [0.05, 0.1) is 16.8 Å². The predicted octanol–water partition coefficient (Wildman–Crippen LogP) is 2.58. The number of hydrogen-bond donors (Lipinski definition) is 1. The molecule has 3 rings (SSSR count). The van der Waals surface area contributed by atoms with Crippen LogP contribution in [-0.4, -0.2) is 65.8 Å². The summed E-state index contributed by atoms with van der Waals surface area (Å²) in [6.07, 6.45) is 2.11. The van der Waals surface area contributed by atoms with Crippen molar-refractivity contribution in [3.63, 3.8) is 0 Å². The van der Waals surface area contributed by atoms with Crippen LogP contribution in [0.3, 0.4) is 0 Å². The number of carbonyl (C=O) groups is 3. The average Bonchev–Trinajstić information content (AvgIpc) is 2.76. The Morgan fingerprint density at radius 3 is 2.52 bits per heavy atom. The number of halogens is 2. The van der Waals surface area contributed by atoms with E-state index in [2.05, 4.69) is 10.3 Å². The molecule has 0 unspecified atom stereocenters. The Labute approximate surface area is 183 Å². The molecular formula is C21H22ClFN4O4. The number of amides is 3. The SMILES string of the molecule is CN(C)C(=O)C(=O)Nc1ccc(Cl)c(C(=O)N2CCC(Oc3ccc(F)cn3)CC2)c1. The highest BCUT2D eigenvalue weighted by Crippen LogP contribution is 2.25. The normalized spacial score (nSPS) is 14.1. The number of carbonyl (C=O) groups excluding carboxylic acids is 3. The van der Waals surface area contributed by atoms with Crippen molar-refractivity contribution in [3.05, 3.63) is 52.9 Å². The van der Waals surface area contributed by atoms with Crippen LogP contribution in [0.5, 0.6) is 5.88 Å². The minimum atomic E-state index is -0.807. The third-order valence-corrected chi connectivity index (χ3v) is 5.10. The lowest BCUT2D eigenvalue weighted by molar-refractivity contribution is -0.141. The third kappa shape index (κ3) is 5.69. The summed E-state index contributed by atoms with van der Waals surface area (Å²) in [5, 5.41) is 2.72. The van der Waals surface area contributed by atoms with E-state index >= 15 is 0 Å². The summed E-state index contributed by atoms with van der Waals surface area (Å²) in [6.45, 7) is 0.882. The molecule has 164 valence electrons. The molecule has 1 aromatic carbocycles. The van der Waals surface area contributed by atoms with Crippen LogP contribution in [0.25, 0.3) is 0 Å². The van der Waals surface area contributed by atoms with Crippen molar-refractivity contribution in [3.8, 4) is 5.88 Å². The Bertz CT molecular complexity index is 976. The number of piperidine rings is 1. The smallest absolute Gasteiger partial charge is 0.313 e. The lowest BCUT2D eigenvalue weighted by Crippen LogP contribution is -2.42. The largest absolute Gasteiger partial charge is 0.474 e. The number of anilines is 1. The first kappa shape index (κ1) is 22.5. The highest BCUT2D eigenvalue weighted by atomic mass is 35.5. The van der Waals surface area contributed by atoms with Crippen LogP contribution < -0.4 is 10.1 Å². The molecule has 0 bridgehead atoms. The van der Waals surface area contributed by atoms with Crippen molar-refractivity contribution >= 4 is 35.0 Å². The van der Waals surface area contributed by atoms with Gasteiger partial charge in [0.2, 0.25) is 5.88 Å². The number of nitrogens with zero attached hydrogens (tertiary/aromatic N) is 3. The van der Waals surface area contributed by atoms with E-state index in [1.165, 1.54) is 44.4 Å². The van der Waals surface area contributed by atoms with Crippen LogP contribution in [-0.2, 0) is 9.59 Å². The molecule has 1 N–H and O–H groups in total. The van der Waals surface area contributed by atoms with Gasteiger partial charge in [-0.25, -0.2) is 9.37 Å². The second-order valence-electron chi connectivity index (χ2n) is 7.27. The number of pyridine rings is 1. The van der Waals surface area contributed by atoms with Crippen molar-refractivity contribution in [2.75, 3.05) is 32.5 Å². The van der Waals surface area contributed by atoms with E-state index in [0.29, 0.717) is 37.5 Å². The van der Waals surface area contributed by atoms with Gasteiger partial charge in [-0.15, -0.1) is 0 Å². The van der Waals surface area contributed by atoms with E-state index < -0.39 is 17.6 Å². The summed E-state index contributed by atoms with van der Waals surface area (Å²) in [4.78, 5) is 43.3. The Morgan fingerprint density at radius 2 is 1.90 bits per heavy atom. The van der Waals surface area contributed by atoms with Crippen molar-refractivity contribution in [2.24, 2.45) is 0 Å². The Hall–Kier alpha value is -3.20. The molecule has 8 nitrogen and oxygen atoms in total. The standard InChI is InChI=1S/C21H22ClFN4O4/c1-26(2)21(30)19(28)25-14-4-5-17(22)16(11-14)20(29)27-9-7-15(8-10-27)31-18-6-3-13(23)12-24-18/h3-6,11-12,15H,7-10H2,1-2H3,(H,25,28). The molecule has 2 aromatic rings. The summed E-state index contributed by atoms with van der Waals surface area (Å²) >= 11 is 6.21. The molecule has 0 radical (unpaired) electrons. The zero-order chi connectivity index (χ0) is 22.5. The zero-order valence-electron chi connectivity index (χ0n) is 17.1. The van der Waals surface area contributed by atoms with Gasteiger partial charge in [-0.1, -0.05) is 11.6 Å². The van der Waals surface area contributed by atoms with E-state index in [-0.39, 0.29) is 22.6 Å². The number of likely N-dealkylation sites (tertiary alicyclic amines) is 1. The summed E-state index contributed by atoms with van der Waals surface area (Å²) < 4.78 is 18.7. The van der Waals surface area contributed by atoms with Gasteiger partial charge >= 0.3 is 11.8 Å². The monoisotopic (exact) mass is 448 g/mol. The molecular weight excluding hydrogens is 427 g/mol. The van der Waals surface area contributed by atoms with Crippen molar-refractivity contribution in [1.29, 1.82) is 0 Å². The number of aromatic nitrogens is 1. The lowest BCUT2D eigenvalue weighted by Gasteiger charge is -2.32. The lowest BCUT2D eigenvalue weighted by atomic mass is 10.1. The number of ether oxygens (including phenoxy) is 1. The number of hydrogen-bond acceptors (Lipinski definition) is 5. The van der Waals surface area contributed by atoms with Gasteiger partial charge in [0, 0.05) is 51.8 Å². The van der Waals surface area contributed by atoms with Crippen LogP contribution in [0.15, 0.2) is 36.5 Å². The van der Waals surface area contributed by atoms with Gasteiger partial charge in [-0.3, -0.25) is 14.4 Å². The Kier molecular flexibility index (Phi) is 7.06. The molecule has 1 saturated heterocycles. The molecule has 1 aliphatic rings. The first-order valence-corrected chi connectivity index (χ1v) is 10.0. The molecule has 1 fully saturated rings. The van der Waals surface area contributed by atoms with Crippen LogP contribution >= 0.6 is 11.6 Å². The first-order valence-electron chi connectivity index (χ1n) is 9.64. The second-order valence-corrected chi connectivity index (χ2v) is 7.68.